The molecule has 0 saturated heterocycles. The van der Waals surface area contributed by atoms with Crippen LogP contribution in [-0.4, -0.2) is 31.9 Å². The quantitative estimate of drug-likeness (QED) is 0.723. The van der Waals surface area contributed by atoms with Gasteiger partial charge in [-0.15, -0.1) is 16.6 Å². The lowest BCUT2D eigenvalue weighted by Gasteiger charge is -2.41. The maximum Gasteiger partial charge on any atom is 0.156 e. The van der Waals surface area contributed by atoms with Crippen LogP contribution in [0.25, 0.3) is 22.2 Å². The van der Waals surface area contributed by atoms with Crippen molar-refractivity contribution in [1.82, 2.24) is 15.2 Å². The van der Waals surface area contributed by atoms with Gasteiger partial charge in [0.05, 0.1) is 11.3 Å². The topological polar surface area (TPSA) is 70.9 Å². The molecule has 0 unspecified atom stereocenters. The predicted molar refractivity (Wildman–Crippen MR) is 98.0 cm³/mol. The highest BCUT2D eigenvalue weighted by Gasteiger charge is 2.38. The van der Waals surface area contributed by atoms with Gasteiger partial charge in [-0.3, -0.25) is 4.98 Å². The van der Waals surface area contributed by atoms with Crippen molar-refractivity contribution in [3.63, 3.8) is 0 Å². The second kappa shape index (κ2) is 5.83. The van der Waals surface area contributed by atoms with Crippen molar-refractivity contribution in [2.45, 2.75) is 31.4 Å². The number of rotatable bonds is 3. The molecule has 124 valence electrons. The Morgan fingerprint density at radius 2 is 1.92 bits per heavy atom. The fraction of sp³-hybridized carbons (Fsp3) is 0.250. The Kier molecular flexibility index (Phi) is 3.63. The van der Waals surface area contributed by atoms with E-state index in [2.05, 4.69) is 26.4 Å². The summed E-state index contributed by atoms with van der Waals surface area (Å²) in [6.07, 6.45) is 8.47. The van der Waals surface area contributed by atoms with Gasteiger partial charge in [0, 0.05) is 28.6 Å². The lowest BCUT2D eigenvalue weighted by Crippen LogP contribution is -2.48. The Balaban J connectivity index is 1.73. The van der Waals surface area contributed by atoms with Gasteiger partial charge in [-0.05, 0) is 31.9 Å². The summed E-state index contributed by atoms with van der Waals surface area (Å²) < 4.78 is 0. The van der Waals surface area contributed by atoms with Crippen molar-refractivity contribution in [3.8, 4) is 23.7 Å². The minimum atomic E-state index is -0.580. The van der Waals surface area contributed by atoms with Gasteiger partial charge in [0.1, 0.15) is 5.69 Å². The standard InChI is InChI=1S/C20H18N4O/c1-3-13-8-9-17(21-12-13)18-15-6-4-5-7-16(15)19(24-23-18)22-14-10-20(2,25)11-14/h1,4-9,12,14,25H,10-11H2,2H3,(H,22,24). The molecule has 1 saturated carbocycles. The molecule has 4 rings (SSSR count). The number of terminal acetylenes is 1. The fourth-order valence-corrected chi connectivity index (χ4v) is 3.32. The molecule has 0 aliphatic heterocycles. The third-order valence-corrected chi connectivity index (χ3v) is 4.57. The third kappa shape index (κ3) is 2.92. The molecule has 5 heteroatoms. The fourth-order valence-electron chi connectivity index (χ4n) is 3.32. The molecule has 25 heavy (non-hydrogen) atoms. The number of anilines is 1. The molecule has 2 aromatic heterocycles. The van der Waals surface area contributed by atoms with E-state index in [4.69, 9.17) is 6.42 Å². The van der Waals surface area contributed by atoms with E-state index in [0.717, 1.165) is 33.5 Å². The average molecular weight is 330 g/mol. The molecule has 1 aliphatic carbocycles. The first-order valence-electron chi connectivity index (χ1n) is 8.23. The van der Waals surface area contributed by atoms with Crippen LogP contribution in [0.5, 0.6) is 0 Å². The molecule has 5 nitrogen and oxygen atoms in total. The van der Waals surface area contributed by atoms with Crippen LogP contribution in [0.3, 0.4) is 0 Å². The molecule has 3 aromatic rings. The first kappa shape index (κ1) is 15.6. The van der Waals surface area contributed by atoms with Crippen LogP contribution in [0.15, 0.2) is 42.6 Å². The van der Waals surface area contributed by atoms with Crippen LogP contribution < -0.4 is 5.32 Å². The van der Waals surface area contributed by atoms with E-state index in [0.29, 0.717) is 12.8 Å². The van der Waals surface area contributed by atoms with E-state index >= 15 is 0 Å². The van der Waals surface area contributed by atoms with Crippen molar-refractivity contribution in [3.05, 3.63) is 48.2 Å². The molecular weight excluding hydrogens is 312 g/mol. The summed E-state index contributed by atoms with van der Waals surface area (Å²) in [5.41, 5.74) is 1.62. The maximum atomic E-state index is 9.91. The first-order chi connectivity index (χ1) is 12.1. The summed E-state index contributed by atoms with van der Waals surface area (Å²) in [6, 6.07) is 11.9. The van der Waals surface area contributed by atoms with Gasteiger partial charge in [0.15, 0.2) is 5.82 Å². The average Bonchev–Trinajstić information content (AvgIpc) is 2.60. The second-order valence-corrected chi connectivity index (χ2v) is 6.77. The second-order valence-electron chi connectivity index (χ2n) is 6.77. The summed E-state index contributed by atoms with van der Waals surface area (Å²) in [4.78, 5) is 4.41. The zero-order chi connectivity index (χ0) is 17.4. The van der Waals surface area contributed by atoms with E-state index in [9.17, 15) is 5.11 Å². The summed E-state index contributed by atoms with van der Waals surface area (Å²) >= 11 is 0. The van der Waals surface area contributed by atoms with E-state index in [1.807, 2.05) is 43.3 Å². The van der Waals surface area contributed by atoms with Crippen molar-refractivity contribution in [2.75, 3.05) is 5.32 Å². The monoisotopic (exact) mass is 330 g/mol. The smallest absolute Gasteiger partial charge is 0.156 e. The summed E-state index contributed by atoms with van der Waals surface area (Å²) in [7, 11) is 0. The first-order valence-corrected chi connectivity index (χ1v) is 8.23. The summed E-state index contributed by atoms with van der Waals surface area (Å²) in [6.45, 7) is 1.85. The molecule has 2 N–H and O–H groups in total. The summed E-state index contributed by atoms with van der Waals surface area (Å²) in [5, 5.41) is 24.0. The third-order valence-electron chi connectivity index (χ3n) is 4.57. The molecule has 1 aromatic carbocycles. The van der Waals surface area contributed by atoms with Crippen LogP contribution in [0.2, 0.25) is 0 Å². The molecule has 0 bridgehead atoms. The number of nitrogens with zero attached hydrogens (tertiary/aromatic N) is 3. The minimum absolute atomic E-state index is 0.214. The minimum Gasteiger partial charge on any atom is -0.390 e. The van der Waals surface area contributed by atoms with Crippen LogP contribution in [0.4, 0.5) is 5.82 Å². The Labute approximate surface area is 146 Å². The SMILES string of the molecule is C#Cc1ccc(-c2nnc(NC3CC(C)(O)C3)c3ccccc23)nc1. The number of pyridine rings is 1. The number of nitrogens with one attached hydrogen (secondary N) is 1. The van der Waals surface area contributed by atoms with Crippen molar-refractivity contribution >= 4 is 16.6 Å². The number of hydrogen-bond donors (Lipinski definition) is 2. The summed E-state index contributed by atoms with van der Waals surface area (Å²) in [5.74, 6) is 3.30. The number of fused-ring (bicyclic) bond motifs is 1. The molecule has 0 atom stereocenters. The molecule has 0 amide bonds. The van der Waals surface area contributed by atoms with E-state index < -0.39 is 5.60 Å². The molecule has 0 spiro atoms. The van der Waals surface area contributed by atoms with Gasteiger partial charge in [0.25, 0.3) is 0 Å². The molecule has 2 heterocycles. The zero-order valence-electron chi connectivity index (χ0n) is 13.9. The van der Waals surface area contributed by atoms with Crippen LogP contribution in [0, 0.1) is 12.3 Å². The molecule has 1 aliphatic rings. The van der Waals surface area contributed by atoms with Crippen molar-refractivity contribution in [1.29, 1.82) is 0 Å². The Morgan fingerprint density at radius 1 is 1.16 bits per heavy atom. The molecule has 1 fully saturated rings. The van der Waals surface area contributed by atoms with Gasteiger partial charge in [-0.25, -0.2) is 0 Å². The van der Waals surface area contributed by atoms with Gasteiger partial charge >= 0.3 is 0 Å². The van der Waals surface area contributed by atoms with E-state index in [1.54, 1.807) is 6.20 Å². The molecule has 0 radical (unpaired) electrons. The van der Waals surface area contributed by atoms with Gasteiger partial charge < -0.3 is 10.4 Å². The Bertz CT molecular complexity index is 965. The number of hydrogen-bond acceptors (Lipinski definition) is 5. The molecular formula is C20H18N4O. The van der Waals surface area contributed by atoms with Crippen molar-refractivity contribution in [2.24, 2.45) is 0 Å². The van der Waals surface area contributed by atoms with Gasteiger partial charge in [-0.1, -0.05) is 30.2 Å². The highest BCUT2D eigenvalue weighted by Crippen LogP contribution is 2.35. The van der Waals surface area contributed by atoms with E-state index in [-0.39, 0.29) is 6.04 Å². The highest BCUT2D eigenvalue weighted by molar-refractivity contribution is 5.99. The lowest BCUT2D eigenvalue weighted by molar-refractivity contribution is -0.0235. The van der Waals surface area contributed by atoms with Gasteiger partial charge in [-0.2, -0.15) is 0 Å². The number of benzene rings is 1. The number of aromatic nitrogens is 3. The largest absolute Gasteiger partial charge is 0.390 e. The lowest BCUT2D eigenvalue weighted by atomic mass is 9.77. The highest BCUT2D eigenvalue weighted by atomic mass is 16.3. The van der Waals surface area contributed by atoms with Crippen molar-refractivity contribution < 1.29 is 5.11 Å². The predicted octanol–water partition coefficient (Wildman–Crippen LogP) is 3.00. The maximum absolute atomic E-state index is 9.91. The van der Waals surface area contributed by atoms with Crippen LogP contribution in [-0.2, 0) is 0 Å². The number of aliphatic hydroxyl groups is 1. The van der Waals surface area contributed by atoms with Gasteiger partial charge in [0.2, 0.25) is 0 Å². The Hall–Kier alpha value is -2.97. The van der Waals surface area contributed by atoms with Crippen LogP contribution in [0.1, 0.15) is 25.3 Å². The van der Waals surface area contributed by atoms with Crippen LogP contribution >= 0.6 is 0 Å². The van der Waals surface area contributed by atoms with E-state index in [1.165, 1.54) is 0 Å². The normalized spacial score (nSPS) is 22.2. The zero-order valence-corrected chi connectivity index (χ0v) is 13.9. The Morgan fingerprint density at radius 3 is 2.56 bits per heavy atom.